The molecule has 1 unspecified atom stereocenters. The summed E-state index contributed by atoms with van der Waals surface area (Å²) in [6, 6.07) is 20.7. The van der Waals surface area contributed by atoms with E-state index in [0.29, 0.717) is 22.6 Å². The van der Waals surface area contributed by atoms with Crippen molar-refractivity contribution in [2.45, 2.75) is 33.1 Å². The molecule has 0 saturated carbocycles. The fourth-order valence-electron chi connectivity index (χ4n) is 6.42. The molecule has 8 rings (SSSR count). The number of ether oxygens (including phenoxy) is 2. The average Bonchev–Trinajstić information content (AvgIpc) is 2.81. The maximum absolute atomic E-state index is 15.7. The molecule has 4 heterocycles. The van der Waals surface area contributed by atoms with E-state index in [1.807, 2.05) is 25.1 Å². The molecule has 0 saturated heterocycles. The first kappa shape index (κ1) is 18.9. The molecule has 4 aliphatic rings. The predicted molar refractivity (Wildman–Crippen MR) is 136 cm³/mol. The Balaban J connectivity index is 1.65. The predicted octanol–water partition coefficient (Wildman–Crippen LogP) is 6.58. The molecule has 4 nitrogen and oxygen atoms in total. The van der Waals surface area contributed by atoms with E-state index in [1.165, 1.54) is 11.1 Å². The van der Waals surface area contributed by atoms with E-state index in [2.05, 4.69) is 68.1 Å². The molecule has 166 valence electrons. The molecule has 5 heteroatoms. The lowest BCUT2D eigenvalue weighted by atomic mass is 9.73. The zero-order valence-corrected chi connectivity index (χ0v) is 20.3. The maximum Gasteiger partial charge on any atom is 0.189 e. The summed E-state index contributed by atoms with van der Waals surface area (Å²) in [6.45, 7) is 8.63. The summed E-state index contributed by atoms with van der Waals surface area (Å²) in [5, 5.41) is 2.33. The molecule has 0 aliphatic carbocycles. The molecule has 34 heavy (non-hydrogen) atoms. The van der Waals surface area contributed by atoms with Gasteiger partial charge in [-0.05, 0) is 66.4 Å². The van der Waals surface area contributed by atoms with Crippen LogP contribution in [0.1, 0.15) is 36.1 Å². The number of nitrogens with zero attached hydrogens (tertiary/aromatic N) is 1. The van der Waals surface area contributed by atoms with E-state index in [0.717, 1.165) is 44.5 Å². The van der Waals surface area contributed by atoms with E-state index in [9.17, 15) is 0 Å². The summed E-state index contributed by atoms with van der Waals surface area (Å²) in [6.07, 6.45) is 0. The van der Waals surface area contributed by atoms with Crippen LogP contribution in [0.25, 0.3) is 0 Å². The van der Waals surface area contributed by atoms with Crippen LogP contribution in [0.5, 0.6) is 23.0 Å². The molecule has 4 aromatic rings. The van der Waals surface area contributed by atoms with Crippen molar-refractivity contribution in [1.29, 1.82) is 0 Å². The first-order valence-electron chi connectivity index (χ1n) is 11.7. The number of fused-ring (bicyclic) bond motifs is 3. The van der Waals surface area contributed by atoms with Crippen LogP contribution in [0.15, 0.2) is 60.7 Å². The third-order valence-electron chi connectivity index (χ3n) is 8.01. The Labute approximate surface area is 198 Å². The Morgan fingerprint density at radius 2 is 1.44 bits per heavy atom. The van der Waals surface area contributed by atoms with Gasteiger partial charge in [0.05, 0.1) is 27.7 Å². The van der Waals surface area contributed by atoms with Crippen molar-refractivity contribution in [2.24, 2.45) is 0 Å². The minimum atomic E-state index is -3.24. The smallest absolute Gasteiger partial charge is 0.189 e. The summed E-state index contributed by atoms with van der Waals surface area (Å²) >= 11 is 0. The zero-order chi connectivity index (χ0) is 23.1. The average molecular weight is 463 g/mol. The molecule has 1 atom stereocenters. The summed E-state index contributed by atoms with van der Waals surface area (Å²) in [5.74, 6) is 2.72. The molecule has 4 aliphatic heterocycles. The first-order chi connectivity index (χ1) is 16.3. The molecular weight excluding hydrogens is 441 g/mol. The van der Waals surface area contributed by atoms with E-state index >= 15 is 4.57 Å². The molecular formula is C29H22NO3P. The van der Waals surface area contributed by atoms with Crippen molar-refractivity contribution in [2.75, 3.05) is 4.90 Å². The van der Waals surface area contributed by atoms with Crippen molar-refractivity contribution in [3.05, 3.63) is 82.9 Å². The normalized spacial score (nSPS) is 20.6. The number of para-hydroxylation sites is 1. The van der Waals surface area contributed by atoms with Gasteiger partial charge in [-0.3, -0.25) is 0 Å². The Morgan fingerprint density at radius 3 is 2.21 bits per heavy atom. The maximum atomic E-state index is 15.7. The second-order valence-corrected chi connectivity index (χ2v) is 12.8. The third kappa shape index (κ3) is 1.83. The Kier molecular flexibility index (Phi) is 3.10. The first-order valence-corrected chi connectivity index (χ1v) is 13.4. The Hall–Kier alpha value is -3.49. The lowest BCUT2D eigenvalue weighted by Crippen LogP contribution is -2.46. The van der Waals surface area contributed by atoms with Crippen LogP contribution in [-0.4, -0.2) is 0 Å². The number of hydrogen-bond acceptors (Lipinski definition) is 4. The van der Waals surface area contributed by atoms with Gasteiger partial charge in [0.1, 0.15) is 28.3 Å². The number of rotatable bonds is 0. The van der Waals surface area contributed by atoms with Gasteiger partial charge in [-0.15, -0.1) is 0 Å². The zero-order valence-electron chi connectivity index (χ0n) is 19.4. The van der Waals surface area contributed by atoms with Gasteiger partial charge in [-0.2, -0.15) is 0 Å². The van der Waals surface area contributed by atoms with Crippen LogP contribution in [-0.2, 0) is 9.98 Å². The molecule has 4 aromatic carbocycles. The van der Waals surface area contributed by atoms with Gasteiger partial charge >= 0.3 is 0 Å². The van der Waals surface area contributed by atoms with Crippen LogP contribution >= 0.6 is 7.14 Å². The van der Waals surface area contributed by atoms with Crippen LogP contribution in [0, 0.1) is 13.8 Å². The molecule has 0 fully saturated rings. The molecule has 0 N–H and O–H groups in total. The fraction of sp³-hybridized carbons (Fsp3) is 0.172. The minimum Gasteiger partial charge on any atom is -0.455 e. The molecule has 0 amide bonds. The van der Waals surface area contributed by atoms with Gasteiger partial charge in [0.2, 0.25) is 0 Å². The minimum absolute atomic E-state index is 0.251. The number of hydrogen-bond donors (Lipinski definition) is 0. The SMILES string of the molecule is Cc1ccc2c3c1Oc1cccc4c1P3(=O)c1c(c(C)cc3c1N2c1ccccc1C3(C)C)O4. The van der Waals surface area contributed by atoms with Gasteiger partial charge in [0.25, 0.3) is 0 Å². The van der Waals surface area contributed by atoms with Crippen LogP contribution in [0.2, 0.25) is 0 Å². The van der Waals surface area contributed by atoms with Gasteiger partial charge in [0.15, 0.2) is 7.14 Å². The fourth-order valence-corrected chi connectivity index (χ4v) is 9.98. The highest BCUT2D eigenvalue weighted by Crippen LogP contribution is 2.68. The molecule has 0 bridgehead atoms. The third-order valence-corrected chi connectivity index (χ3v) is 11.2. The van der Waals surface area contributed by atoms with Crippen molar-refractivity contribution < 1.29 is 14.0 Å². The highest BCUT2D eigenvalue weighted by Gasteiger charge is 2.56. The molecule has 0 aromatic heterocycles. The molecule has 0 radical (unpaired) electrons. The number of benzene rings is 4. The van der Waals surface area contributed by atoms with E-state index in [1.54, 1.807) is 0 Å². The van der Waals surface area contributed by atoms with E-state index in [4.69, 9.17) is 9.47 Å². The number of aryl methyl sites for hydroxylation is 2. The number of anilines is 3. The van der Waals surface area contributed by atoms with Crippen LogP contribution < -0.4 is 30.3 Å². The topological polar surface area (TPSA) is 38.8 Å². The summed E-state index contributed by atoms with van der Waals surface area (Å²) in [5.41, 5.74) is 7.25. The van der Waals surface area contributed by atoms with Crippen molar-refractivity contribution in [3.63, 3.8) is 0 Å². The highest BCUT2D eigenvalue weighted by atomic mass is 31.2. The quantitative estimate of drug-likeness (QED) is 0.238. The van der Waals surface area contributed by atoms with E-state index < -0.39 is 7.14 Å². The second-order valence-electron chi connectivity index (χ2n) is 10.2. The van der Waals surface area contributed by atoms with Crippen molar-refractivity contribution >= 4 is 40.1 Å². The van der Waals surface area contributed by atoms with Gasteiger partial charge in [0, 0.05) is 5.41 Å². The van der Waals surface area contributed by atoms with Gasteiger partial charge in [-0.25, -0.2) is 0 Å². The summed E-state index contributed by atoms with van der Waals surface area (Å²) in [4.78, 5) is 2.30. The Morgan fingerprint density at radius 1 is 0.735 bits per heavy atom. The van der Waals surface area contributed by atoms with Crippen LogP contribution in [0.4, 0.5) is 17.1 Å². The van der Waals surface area contributed by atoms with Crippen molar-refractivity contribution in [1.82, 2.24) is 0 Å². The lowest BCUT2D eigenvalue weighted by Gasteiger charge is -2.50. The van der Waals surface area contributed by atoms with Gasteiger partial charge in [-0.1, -0.05) is 44.2 Å². The molecule has 0 spiro atoms. The highest BCUT2D eigenvalue weighted by molar-refractivity contribution is 7.87. The standard InChI is InChI=1S/C29H22NO3P/c1-15-12-13-20-26-24(15)32-21-10-7-11-22-27(21)34(26,31)28-23-18(14-16(2)25(28)33-22)29(3,4)17-8-5-6-9-19(17)30(20)23/h5-14H,1-4H3. The van der Waals surface area contributed by atoms with E-state index in [-0.39, 0.29) is 5.41 Å². The monoisotopic (exact) mass is 463 g/mol. The van der Waals surface area contributed by atoms with Crippen LogP contribution in [0.3, 0.4) is 0 Å². The van der Waals surface area contributed by atoms with Gasteiger partial charge < -0.3 is 18.9 Å². The largest absolute Gasteiger partial charge is 0.455 e. The Bertz CT molecular complexity index is 1690. The second kappa shape index (κ2) is 5.59. The summed E-state index contributed by atoms with van der Waals surface area (Å²) < 4.78 is 28.7. The summed E-state index contributed by atoms with van der Waals surface area (Å²) in [7, 11) is -3.24. The lowest BCUT2D eigenvalue weighted by molar-refractivity contribution is 0.457. The van der Waals surface area contributed by atoms with Crippen molar-refractivity contribution in [3.8, 4) is 23.0 Å².